The van der Waals surface area contributed by atoms with E-state index in [1.54, 1.807) is 12.1 Å². The Hall–Kier alpha value is -2.47. The molecule has 2 aromatic rings. The number of hydrogen-bond donors (Lipinski definition) is 2. The van der Waals surface area contributed by atoms with E-state index in [1.807, 2.05) is 32.0 Å². The van der Waals surface area contributed by atoms with Gasteiger partial charge >= 0.3 is 0 Å². The third-order valence-corrected chi connectivity index (χ3v) is 3.16. The van der Waals surface area contributed by atoms with Crippen molar-refractivity contribution in [3.63, 3.8) is 0 Å². The second-order valence-electron chi connectivity index (χ2n) is 4.70. The van der Waals surface area contributed by atoms with Gasteiger partial charge in [0.2, 0.25) is 0 Å². The summed E-state index contributed by atoms with van der Waals surface area (Å²) in [6, 6.07) is 12.2. The summed E-state index contributed by atoms with van der Waals surface area (Å²) in [4.78, 5) is 10.3. The van der Waals surface area contributed by atoms with E-state index in [4.69, 9.17) is 12.2 Å². The number of aryl methyl sites for hydroxylation is 2. The van der Waals surface area contributed by atoms with Crippen LogP contribution in [0.25, 0.3) is 0 Å². The molecule has 2 rings (SSSR count). The van der Waals surface area contributed by atoms with Crippen molar-refractivity contribution in [2.75, 3.05) is 10.6 Å². The smallest absolute Gasteiger partial charge is 0.271 e. The van der Waals surface area contributed by atoms with Gasteiger partial charge in [0.05, 0.1) is 4.92 Å². The second-order valence-corrected chi connectivity index (χ2v) is 5.11. The Labute approximate surface area is 128 Å². The van der Waals surface area contributed by atoms with Crippen LogP contribution in [-0.2, 0) is 0 Å². The minimum absolute atomic E-state index is 0.0227. The van der Waals surface area contributed by atoms with Crippen molar-refractivity contribution in [1.82, 2.24) is 0 Å². The van der Waals surface area contributed by atoms with E-state index < -0.39 is 4.92 Å². The normalized spacial score (nSPS) is 10.0. The third kappa shape index (κ3) is 4.00. The second kappa shape index (κ2) is 6.32. The Balaban J connectivity index is 2.10. The summed E-state index contributed by atoms with van der Waals surface area (Å²) in [6.07, 6.45) is 0. The molecule has 0 aromatic heterocycles. The van der Waals surface area contributed by atoms with Crippen molar-refractivity contribution in [1.29, 1.82) is 0 Å². The molecule has 0 fully saturated rings. The first-order chi connectivity index (χ1) is 9.95. The number of nitrogens with one attached hydrogen (secondary N) is 2. The number of anilines is 2. The molecule has 0 radical (unpaired) electrons. The summed E-state index contributed by atoms with van der Waals surface area (Å²) in [7, 11) is 0. The van der Waals surface area contributed by atoms with Gasteiger partial charge in [0.25, 0.3) is 5.69 Å². The Morgan fingerprint density at radius 3 is 2.62 bits per heavy atom. The highest BCUT2D eigenvalue weighted by Crippen LogP contribution is 2.19. The first-order valence-corrected chi connectivity index (χ1v) is 6.76. The summed E-state index contributed by atoms with van der Waals surface area (Å²) in [5.74, 6) is 0. The van der Waals surface area contributed by atoms with E-state index in [0.29, 0.717) is 10.8 Å². The molecule has 0 amide bonds. The van der Waals surface area contributed by atoms with Gasteiger partial charge in [-0.15, -0.1) is 0 Å². The van der Waals surface area contributed by atoms with Crippen LogP contribution < -0.4 is 10.6 Å². The Morgan fingerprint density at radius 1 is 1.14 bits per heavy atom. The predicted octanol–water partition coefficient (Wildman–Crippen LogP) is 4.02. The zero-order valence-electron chi connectivity index (χ0n) is 11.7. The zero-order chi connectivity index (χ0) is 15.4. The average Bonchev–Trinajstić information content (AvgIpc) is 2.43. The van der Waals surface area contributed by atoms with Crippen LogP contribution in [0.15, 0.2) is 42.5 Å². The highest BCUT2D eigenvalue weighted by molar-refractivity contribution is 7.80. The van der Waals surface area contributed by atoms with Crippen LogP contribution >= 0.6 is 12.2 Å². The maximum Gasteiger partial charge on any atom is 0.271 e. The molecule has 0 aliphatic carbocycles. The van der Waals surface area contributed by atoms with Crippen LogP contribution in [0.5, 0.6) is 0 Å². The maximum absolute atomic E-state index is 10.7. The molecule has 6 heteroatoms. The van der Waals surface area contributed by atoms with Gasteiger partial charge in [-0.3, -0.25) is 10.1 Å². The molecule has 0 saturated heterocycles. The Bertz CT molecular complexity index is 701. The van der Waals surface area contributed by atoms with Gasteiger partial charge in [0.1, 0.15) is 0 Å². The molecule has 0 bridgehead atoms. The molecular formula is C15H15N3O2S. The Morgan fingerprint density at radius 2 is 1.90 bits per heavy atom. The number of nitro groups is 1. The van der Waals surface area contributed by atoms with E-state index in [9.17, 15) is 10.1 Å². The van der Waals surface area contributed by atoms with Crippen molar-refractivity contribution in [3.05, 3.63) is 63.7 Å². The van der Waals surface area contributed by atoms with Gasteiger partial charge < -0.3 is 10.6 Å². The van der Waals surface area contributed by atoms with Crippen LogP contribution in [0.4, 0.5) is 17.1 Å². The average molecular weight is 301 g/mol. The molecule has 21 heavy (non-hydrogen) atoms. The molecule has 0 aliphatic rings. The number of nitrogens with zero attached hydrogens (tertiary/aromatic N) is 1. The molecule has 5 nitrogen and oxygen atoms in total. The summed E-state index contributed by atoms with van der Waals surface area (Å²) in [6.45, 7) is 3.99. The largest absolute Gasteiger partial charge is 0.332 e. The number of rotatable bonds is 3. The molecule has 0 atom stereocenters. The molecular weight excluding hydrogens is 286 g/mol. The van der Waals surface area contributed by atoms with Gasteiger partial charge in [-0.05, 0) is 49.3 Å². The van der Waals surface area contributed by atoms with Crippen LogP contribution in [-0.4, -0.2) is 10.0 Å². The zero-order valence-corrected chi connectivity index (χ0v) is 12.5. The van der Waals surface area contributed by atoms with Gasteiger partial charge in [0, 0.05) is 23.5 Å². The number of non-ortho nitro benzene ring substituents is 1. The monoisotopic (exact) mass is 301 g/mol. The van der Waals surface area contributed by atoms with Gasteiger partial charge in [0.15, 0.2) is 5.11 Å². The highest BCUT2D eigenvalue weighted by atomic mass is 32.1. The van der Waals surface area contributed by atoms with Crippen molar-refractivity contribution in [2.45, 2.75) is 13.8 Å². The lowest BCUT2D eigenvalue weighted by atomic mass is 10.1. The SMILES string of the molecule is Cc1ccc(C)c(NC(=S)Nc2cccc([N+](=O)[O-])c2)c1. The van der Waals surface area contributed by atoms with Crippen LogP contribution in [0, 0.1) is 24.0 Å². The molecule has 0 heterocycles. The van der Waals surface area contributed by atoms with E-state index in [1.165, 1.54) is 12.1 Å². The van der Waals surface area contributed by atoms with E-state index in [2.05, 4.69) is 10.6 Å². The summed E-state index contributed by atoms with van der Waals surface area (Å²) >= 11 is 5.24. The van der Waals surface area contributed by atoms with E-state index >= 15 is 0 Å². The fraction of sp³-hybridized carbons (Fsp3) is 0.133. The summed E-state index contributed by atoms with van der Waals surface area (Å²) in [5.41, 5.74) is 3.71. The van der Waals surface area contributed by atoms with Crippen LogP contribution in [0.3, 0.4) is 0 Å². The van der Waals surface area contributed by atoms with Crippen molar-refractivity contribution < 1.29 is 4.92 Å². The molecule has 0 aliphatic heterocycles. The lowest BCUT2D eigenvalue weighted by molar-refractivity contribution is -0.384. The topological polar surface area (TPSA) is 67.2 Å². The van der Waals surface area contributed by atoms with E-state index in [0.717, 1.165) is 16.8 Å². The predicted molar refractivity (Wildman–Crippen MR) is 88.9 cm³/mol. The van der Waals surface area contributed by atoms with Crippen molar-refractivity contribution in [2.24, 2.45) is 0 Å². The van der Waals surface area contributed by atoms with E-state index in [-0.39, 0.29) is 5.69 Å². The standard InChI is InChI=1S/C15H15N3O2S/c1-10-6-7-11(2)14(8-10)17-15(21)16-12-4-3-5-13(9-12)18(19)20/h3-9H,1-2H3,(H2,16,17,21). The highest BCUT2D eigenvalue weighted by Gasteiger charge is 2.07. The maximum atomic E-state index is 10.7. The van der Waals surface area contributed by atoms with Crippen LogP contribution in [0.2, 0.25) is 0 Å². The number of nitro benzene ring substituents is 1. The van der Waals surface area contributed by atoms with Crippen LogP contribution in [0.1, 0.15) is 11.1 Å². The molecule has 2 aromatic carbocycles. The minimum atomic E-state index is -0.438. The minimum Gasteiger partial charge on any atom is -0.332 e. The number of benzene rings is 2. The first-order valence-electron chi connectivity index (χ1n) is 6.35. The molecule has 108 valence electrons. The quantitative estimate of drug-likeness (QED) is 0.509. The first kappa shape index (κ1) is 14.9. The fourth-order valence-corrected chi connectivity index (χ4v) is 2.08. The lowest BCUT2D eigenvalue weighted by Crippen LogP contribution is -2.19. The summed E-state index contributed by atoms with van der Waals surface area (Å²) < 4.78 is 0. The fourth-order valence-electron chi connectivity index (χ4n) is 1.85. The van der Waals surface area contributed by atoms with Gasteiger partial charge in [-0.25, -0.2) is 0 Å². The Kier molecular flexibility index (Phi) is 4.49. The summed E-state index contributed by atoms with van der Waals surface area (Å²) in [5, 5.41) is 17.2. The van der Waals surface area contributed by atoms with Crippen molar-refractivity contribution in [3.8, 4) is 0 Å². The number of hydrogen-bond acceptors (Lipinski definition) is 3. The lowest BCUT2D eigenvalue weighted by Gasteiger charge is -2.13. The van der Waals surface area contributed by atoms with Gasteiger partial charge in [-0.2, -0.15) is 0 Å². The molecule has 0 saturated carbocycles. The number of thiocarbonyl (C=S) groups is 1. The van der Waals surface area contributed by atoms with Gasteiger partial charge in [-0.1, -0.05) is 18.2 Å². The molecule has 0 unspecified atom stereocenters. The molecule has 0 spiro atoms. The third-order valence-electron chi connectivity index (χ3n) is 2.96. The van der Waals surface area contributed by atoms with Crippen molar-refractivity contribution >= 4 is 34.4 Å². The molecule has 2 N–H and O–H groups in total.